The molecule has 1 aliphatic carbocycles. The molecule has 0 spiro atoms. The first-order valence-electron chi connectivity index (χ1n) is 9.03. The van der Waals surface area contributed by atoms with E-state index in [1.807, 2.05) is 35.2 Å². The first-order chi connectivity index (χ1) is 12.7. The highest BCUT2D eigenvalue weighted by Crippen LogP contribution is 2.49. The predicted octanol–water partition coefficient (Wildman–Crippen LogP) is 3.51. The van der Waals surface area contributed by atoms with Gasteiger partial charge in [0.1, 0.15) is 0 Å². The molecule has 1 fully saturated rings. The van der Waals surface area contributed by atoms with Gasteiger partial charge in [0.05, 0.1) is 14.2 Å². The van der Waals surface area contributed by atoms with Crippen molar-refractivity contribution in [3.63, 3.8) is 0 Å². The zero-order valence-electron chi connectivity index (χ0n) is 15.2. The van der Waals surface area contributed by atoms with Gasteiger partial charge < -0.3 is 14.8 Å². The normalized spacial score (nSPS) is 16.8. The highest BCUT2D eigenvalue weighted by atomic mass is 16.5. The summed E-state index contributed by atoms with van der Waals surface area (Å²) in [4.78, 5) is 14.6. The van der Waals surface area contributed by atoms with E-state index in [-0.39, 0.29) is 11.4 Å². The summed E-state index contributed by atoms with van der Waals surface area (Å²) < 4.78 is 10.7. The van der Waals surface area contributed by atoms with Crippen molar-refractivity contribution < 1.29 is 14.3 Å². The molecule has 4 rings (SSSR count). The molecule has 1 aliphatic heterocycles. The molecule has 2 aromatic rings. The first kappa shape index (κ1) is 16.8. The lowest BCUT2D eigenvalue weighted by Gasteiger charge is -2.22. The number of hydrogen-bond donors (Lipinski definition) is 1. The Labute approximate surface area is 153 Å². The van der Waals surface area contributed by atoms with Gasteiger partial charge in [-0.2, -0.15) is 0 Å². The van der Waals surface area contributed by atoms with Gasteiger partial charge in [-0.1, -0.05) is 24.3 Å². The average molecular weight is 352 g/mol. The second-order valence-electron chi connectivity index (χ2n) is 7.04. The molecule has 2 aromatic carbocycles. The van der Waals surface area contributed by atoms with E-state index < -0.39 is 0 Å². The van der Waals surface area contributed by atoms with Crippen molar-refractivity contribution in [2.45, 2.75) is 24.7 Å². The molecule has 1 saturated carbocycles. The molecule has 1 heterocycles. The topological polar surface area (TPSA) is 50.8 Å². The van der Waals surface area contributed by atoms with Gasteiger partial charge in [0.2, 0.25) is 0 Å². The number of nitrogens with zero attached hydrogens (tertiary/aromatic N) is 1. The predicted molar refractivity (Wildman–Crippen MR) is 101 cm³/mol. The van der Waals surface area contributed by atoms with E-state index in [1.54, 1.807) is 14.2 Å². The van der Waals surface area contributed by atoms with Gasteiger partial charge >= 0.3 is 6.03 Å². The smallest absolute Gasteiger partial charge is 0.321 e. The van der Waals surface area contributed by atoms with Gasteiger partial charge in [-0.3, -0.25) is 4.90 Å². The van der Waals surface area contributed by atoms with Crippen LogP contribution in [0.4, 0.5) is 10.5 Å². The van der Waals surface area contributed by atoms with Crippen molar-refractivity contribution >= 4 is 11.7 Å². The van der Waals surface area contributed by atoms with Gasteiger partial charge in [-0.05, 0) is 48.6 Å². The maximum Gasteiger partial charge on any atom is 0.321 e. The van der Waals surface area contributed by atoms with Crippen LogP contribution in [-0.2, 0) is 11.8 Å². The fourth-order valence-corrected chi connectivity index (χ4v) is 3.77. The van der Waals surface area contributed by atoms with Crippen LogP contribution in [0.5, 0.6) is 11.5 Å². The lowest BCUT2D eigenvalue weighted by Crippen LogP contribution is -2.42. The number of benzene rings is 2. The van der Waals surface area contributed by atoms with Crippen LogP contribution in [0.1, 0.15) is 24.0 Å². The summed E-state index contributed by atoms with van der Waals surface area (Å²) in [5.74, 6) is 1.46. The summed E-state index contributed by atoms with van der Waals surface area (Å²) in [6.45, 7) is 1.38. The number of nitrogens with one attached hydrogen (secondary N) is 1. The second kappa shape index (κ2) is 6.56. The van der Waals surface area contributed by atoms with Crippen LogP contribution in [0.2, 0.25) is 0 Å². The van der Waals surface area contributed by atoms with Crippen molar-refractivity contribution in [2.75, 3.05) is 32.2 Å². The molecule has 0 saturated heterocycles. The number of fused-ring (bicyclic) bond motifs is 1. The molecule has 2 aliphatic rings. The number of urea groups is 1. The van der Waals surface area contributed by atoms with E-state index in [1.165, 1.54) is 11.1 Å². The van der Waals surface area contributed by atoms with Crippen LogP contribution in [0.15, 0.2) is 42.5 Å². The summed E-state index contributed by atoms with van der Waals surface area (Å²) in [7, 11) is 3.28. The SMILES string of the molecule is COc1ccc(C2(CNC(=O)N3CCc4ccccc43)CC2)cc1OC. The summed E-state index contributed by atoms with van der Waals surface area (Å²) in [5.41, 5.74) is 3.47. The van der Waals surface area contributed by atoms with E-state index in [9.17, 15) is 4.79 Å². The summed E-state index contributed by atoms with van der Waals surface area (Å²) in [6.07, 6.45) is 3.06. The van der Waals surface area contributed by atoms with Crippen LogP contribution in [-0.4, -0.2) is 33.3 Å². The summed E-state index contributed by atoms with van der Waals surface area (Å²) >= 11 is 0. The minimum Gasteiger partial charge on any atom is -0.493 e. The van der Waals surface area contributed by atoms with Crippen molar-refractivity contribution in [3.05, 3.63) is 53.6 Å². The quantitative estimate of drug-likeness (QED) is 0.896. The Morgan fingerprint density at radius 2 is 1.88 bits per heavy atom. The van der Waals surface area contributed by atoms with E-state index in [0.717, 1.165) is 43.0 Å². The Kier molecular flexibility index (Phi) is 4.23. The third-order valence-electron chi connectivity index (χ3n) is 5.56. The molecule has 5 nitrogen and oxygen atoms in total. The number of carbonyl (C=O) groups is 1. The van der Waals surface area contributed by atoms with Crippen molar-refractivity contribution in [1.82, 2.24) is 5.32 Å². The maximum absolute atomic E-state index is 12.7. The lowest BCUT2D eigenvalue weighted by molar-refractivity contribution is 0.245. The fourth-order valence-electron chi connectivity index (χ4n) is 3.77. The molecule has 0 atom stereocenters. The molecule has 0 radical (unpaired) electrons. The van der Waals surface area contributed by atoms with E-state index >= 15 is 0 Å². The van der Waals surface area contributed by atoms with Gasteiger partial charge in [-0.25, -0.2) is 4.79 Å². The monoisotopic (exact) mass is 352 g/mol. The van der Waals surface area contributed by atoms with Crippen LogP contribution in [0.25, 0.3) is 0 Å². The molecule has 0 bridgehead atoms. The molecule has 0 aromatic heterocycles. The fraction of sp³-hybridized carbons (Fsp3) is 0.381. The van der Waals surface area contributed by atoms with Crippen molar-refractivity contribution in [3.8, 4) is 11.5 Å². The second-order valence-corrected chi connectivity index (χ2v) is 7.04. The van der Waals surface area contributed by atoms with Gasteiger partial charge in [0.25, 0.3) is 0 Å². The van der Waals surface area contributed by atoms with Crippen LogP contribution < -0.4 is 19.7 Å². The number of ether oxygens (including phenoxy) is 2. The minimum absolute atomic E-state index is 0.00839. The average Bonchev–Trinajstić information content (AvgIpc) is 3.36. The zero-order valence-corrected chi connectivity index (χ0v) is 15.2. The van der Waals surface area contributed by atoms with Gasteiger partial charge in [0, 0.05) is 24.2 Å². The summed E-state index contributed by atoms with van der Waals surface area (Å²) in [6, 6.07) is 14.1. The van der Waals surface area contributed by atoms with Crippen LogP contribution in [0.3, 0.4) is 0 Å². The number of hydrogen-bond acceptors (Lipinski definition) is 3. The standard InChI is InChI=1S/C21H24N2O3/c1-25-18-8-7-16(13-19(18)26-2)21(10-11-21)14-22-20(24)23-12-9-15-5-3-4-6-17(15)23/h3-8,13H,9-12,14H2,1-2H3,(H,22,24). The van der Waals surface area contributed by atoms with Crippen LogP contribution >= 0.6 is 0 Å². The Morgan fingerprint density at radius 3 is 2.62 bits per heavy atom. The Balaban J connectivity index is 1.46. The Morgan fingerprint density at radius 1 is 1.12 bits per heavy atom. The third kappa shape index (κ3) is 2.87. The summed E-state index contributed by atoms with van der Waals surface area (Å²) in [5, 5.41) is 3.15. The largest absolute Gasteiger partial charge is 0.493 e. The number of para-hydroxylation sites is 1. The molecule has 1 N–H and O–H groups in total. The third-order valence-corrected chi connectivity index (χ3v) is 5.56. The molecule has 26 heavy (non-hydrogen) atoms. The number of carbonyl (C=O) groups excluding carboxylic acids is 1. The lowest BCUT2D eigenvalue weighted by atomic mass is 9.95. The number of rotatable bonds is 5. The van der Waals surface area contributed by atoms with Crippen molar-refractivity contribution in [1.29, 1.82) is 0 Å². The van der Waals surface area contributed by atoms with Crippen LogP contribution in [0, 0.1) is 0 Å². The molecule has 5 heteroatoms. The van der Waals surface area contributed by atoms with E-state index in [2.05, 4.69) is 17.4 Å². The molecule has 2 amide bonds. The number of methoxy groups -OCH3 is 2. The van der Waals surface area contributed by atoms with Gasteiger partial charge in [0.15, 0.2) is 11.5 Å². The highest BCUT2D eigenvalue weighted by molar-refractivity contribution is 5.94. The Hall–Kier alpha value is -2.69. The highest BCUT2D eigenvalue weighted by Gasteiger charge is 2.45. The number of amides is 2. The van der Waals surface area contributed by atoms with Crippen molar-refractivity contribution in [2.24, 2.45) is 0 Å². The number of anilines is 1. The molecule has 0 unspecified atom stereocenters. The maximum atomic E-state index is 12.7. The first-order valence-corrected chi connectivity index (χ1v) is 9.03. The molecular weight excluding hydrogens is 328 g/mol. The molecule has 136 valence electrons. The zero-order chi connectivity index (χ0) is 18.1. The van der Waals surface area contributed by atoms with Gasteiger partial charge in [-0.15, -0.1) is 0 Å². The van der Waals surface area contributed by atoms with E-state index in [0.29, 0.717) is 6.54 Å². The Bertz CT molecular complexity index is 830. The van der Waals surface area contributed by atoms with E-state index in [4.69, 9.17) is 9.47 Å². The molecular formula is C21H24N2O3. The minimum atomic E-state index is -0.0123.